The fourth-order valence-corrected chi connectivity index (χ4v) is 3.18. The average Bonchev–Trinajstić information content (AvgIpc) is 2.47. The van der Waals surface area contributed by atoms with Crippen molar-refractivity contribution in [1.29, 1.82) is 0 Å². The molecule has 0 saturated heterocycles. The highest BCUT2D eigenvalue weighted by atomic mass is 32.2. The van der Waals surface area contributed by atoms with Crippen molar-refractivity contribution in [3.8, 4) is 0 Å². The van der Waals surface area contributed by atoms with Crippen molar-refractivity contribution in [1.82, 2.24) is 5.32 Å². The van der Waals surface area contributed by atoms with Gasteiger partial charge in [-0.2, -0.15) is 0 Å². The molecular weight excluding hydrogens is 192 g/mol. The van der Waals surface area contributed by atoms with Crippen LogP contribution in [0.1, 0.15) is 39.5 Å². The molecule has 0 aromatic rings. The number of nitrogens with zero attached hydrogens (tertiary/aromatic N) is 1. The van der Waals surface area contributed by atoms with Gasteiger partial charge in [0, 0.05) is 18.3 Å². The predicted octanol–water partition coefficient (Wildman–Crippen LogP) is 2.65. The van der Waals surface area contributed by atoms with E-state index in [2.05, 4.69) is 24.2 Å². The Balaban J connectivity index is 1.84. The summed E-state index contributed by atoms with van der Waals surface area (Å²) >= 11 is 1.89. The minimum Gasteiger partial charge on any atom is -0.362 e. The summed E-state index contributed by atoms with van der Waals surface area (Å²) in [5, 5.41) is 4.78. The fraction of sp³-hybridized carbons (Fsp3) is 0.909. The van der Waals surface area contributed by atoms with Gasteiger partial charge in [-0.15, -0.1) is 0 Å². The van der Waals surface area contributed by atoms with Crippen LogP contribution in [-0.2, 0) is 0 Å². The van der Waals surface area contributed by atoms with E-state index in [1.165, 1.54) is 36.6 Å². The Bertz CT molecular complexity index is 235. The van der Waals surface area contributed by atoms with Crippen LogP contribution in [0.25, 0.3) is 0 Å². The molecule has 1 unspecified atom stereocenters. The molecule has 1 N–H and O–H groups in total. The first-order valence-electron chi connectivity index (χ1n) is 5.59. The van der Waals surface area contributed by atoms with E-state index in [9.17, 15) is 0 Å². The van der Waals surface area contributed by atoms with Crippen LogP contribution in [0, 0.1) is 5.41 Å². The highest BCUT2D eigenvalue weighted by Crippen LogP contribution is 2.37. The molecule has 1 saturated carbocycles. The molecule has 80 valence electrons. The van der Waals surface area contributed by atoms with Gasteiger partial charge in [0.25, 0.3) is 0 Å². The Labute approximate surface area is 90.9 Å². The Hall–Kier alpha value is -0.180. The molecule has 0 aromatic heterocycles. The van der Waals surface area contributed by atoms with E-state index in [0.717, 1.165) is 6.54 Å². The van der Waals surface area contributed by atoms with Crippen LogP contribution in [-0.4, -0.2) is 23.5 Å². The molecule has 1 atom stereocenters. The van der Waals surface area contributed by atoms with E-state index >= 15 is 0 Å². The molecule has 1 fully saturated rings. The summed E-state index contributed by atoms with van der Waals surface area (Å²) in [6.07, 6.45) is 5.20. The monoisotopic (exact) mass is 212 g/mol. The number of hydrogen-bond acceptors (Lipinski definition) is 3. The Kier molecular flexibility index (Phi) is 3.05. The van der Waals surface area contributed by atoms with Gasteiger partial charge in [-0.25, -0.2) is 0 Å². The van der Waals surface area contributed by atoms with Gasteiger partial charge in [0.15, 0.2) is 5.17 Å². The molecular formula is C11H20N2S. The van der Waals surface area contributed by atoms with Gasteiger partial charge in [-0.3, -0.25) is 4.99 Å². The van der Waals surface area contributed by atoms with Crippen molar-refractivity contribution in [2.45, 2.75) is 45.6 Å². The first kappa shape index (κ1) is 10.3. The summed E-state index contributed by atoms with van der Waals surface area (Å²) in [6.45, 7) is 5.75. The molecule has 0 radical (unpaired) electrons. The Morgan fingerprint density at radius 2 is 2.36 bits per heavy atom. The molecule has 2 nitrogen and oxygen atoms in total. The van der Waals surface area contributed by atoms with Crippen molar-refractivity contribution in [3.05, 3.63) is 0 Å². The lowest BCUT2D eigenvalue weighted by molar-refractivity contribution is 0.372. The maximum absolute atomic E-state index is 4.51. The molecule has 0 aromatic carbocycles. The number of nitrogens with one attached hydrogen (secondary N) is 1. The number of thioether (sulfide) groups is 1. The van der Waals surface area contributed by atoms with Gasteiger partial charge >= 0.3 is 0 Å². The van der Waals surface area contributed by atoms with Gasteiger partial charge in [-0.05, 0) is 31.1 Å². The minimum atomic E-state index is 0.539. The molecule has 3 heteroatoms. The summed E-state index contributed by atoms with van der Waals surface area (Å²) < 4.78 is 0. The molecule has 0 amide bonds. The van der Waals surface area contributed by atoms with Gasteiger partial charge in [-0.1, -0.05) is 25.6 Å². The smallest absolute Gasteiger partial charge is 0.156 e. The second-order valence-corrected chi connectivity index (χ2v) is 6.22. The molecule has 14 heavy (non-hydrogen) atoms. The summed E-state index contributed by atoms with van der Waals surface area (Å²) in [7, 11) is 0. The van der Waals surface area contributed by atoms with Crippen molar-refractivity contribution in [3.63, 3.8) is 0 Å². The lowest BCUT2D eigenvalue weighted by atomic mass is 9.92. The van der Waals surface area contributed by atoms with E-state index in [4.69, 9.17) is 0 Å². The zero-order valence-corrected chi connectivity index (χ0v) is 9.99. The number of hydrogen-bond donors (Lipinski definition) is 1. The van der Waals surface area contributed by atoms with Crippen molar-refractivity contribution in [2.75, 3.05) is 12.3 Å². The maximum atomic E-state index is 4.51. The van der Waals surface area contributed by atoms with Crippen molar-refractivity contribution < 1.29 is 0 Å². The van der Waals surface area contributed by atoms with Crippen LogP contribution in [0.5, 0.6) is 0 Å². The second kappa shape index (κ2) is 4.13. The lowest BCUT2D eigenvalue weighted by Gasteiger charge is -2.20. The molecule has 1 heterocycles. The molecule has 1 aliphatic heterocycles. The molecule has 1 aliphatic carbocycles. The third-order valence-electron chi connectivity index (χ3n) is 3.09. The van der Waals surface area contributed by atoms with Crippen molar-refractivity contribution >= 4 is 16.9 Å². The summed E-state index contributed by atoms with van der Waals surface area (Å²) in [5.41, 5.74) is 0.539. The van der Waals surface area contributed by atoms with Crippen LogP contribution in [0.2, 0.25) is 0 Å². The molecule has 2 rings (SSSR count). The summed E-state index contributed by atoms with van der Waals surface area (Å²) in [4.78, 5) is 4.51. The van der Waals surface area contributed by atoms with Gasteiger partial charge < -0.3 is 5.32 Å². The number of aliphatic imine (C=N–C) groups is 1. The zero-order valence-electron chi connectivity index (χ0n) is 9.18. The fourth-order valence-electron chi connectivity index (χ4n) is 2.28. The highest BCUT2D eigenvalue weighted by Gasteiger charge is 2.31. The topological polar surface area (TPSA) is 24.4 Å². The maximum Gasteiger partial charge on any atom is 0.156 e. The molecule has 0 spiro atoms. The van der Waals surface area contributed by atoms with Gasteiger partial charge in [0.2, 0.25) is 0 Å². The molecule has 2 aliphatic rings. The largest absolute Gasteiger partial charge is 0.362 e. The van der Waals surface area contributed by atoms with E-state index in [0.29, 0.717) is 11.5 Å². The number of rotatable bonds is 1. The van der Waals surface area contributed by atoms with Crippen LogP contribution in [0.4, 0.5) is 0 Å². The zero-order chi connectivity index (χ0) is 10.0. The van der Waals surface area contributed by atoms with E-state index in [1.54, 1.807) is 0 Å². The highest BCUT2D eigenvalue weighted by molar-refractivity contribution is 8.13. The van der Waals surface area contributed by atoms with Crippen molar-refractivity contribution in [2.24, 2.45) is 10.4 Å². The molecule has 0 bridgehead atoms. The first-order valence-corrected chi connectivity index (χ1v) is 6.58. The van der Waals surface area contributed by atoms with E-state index in [1.807, 2.05) is 11.8 Å². The quantitative estimate of drug-likeness (QED) is 0.722. The van der Waals surface area contributed by atoms with Crippen LogP contribution < -0.4 is 5.32 Å². The Morgan fingerprint density at radius 1 is 1.50 bits per heavy atom. The normalized spacial score (nSPS) is 31.3. The lowest BCUT2D eigenvalue weighted by Crippen LogP contribution is -2.33. The standard InChI is InChI=1S/C11H20N2S/c1-11(2)5-4-9(8-11)13-10-12-6-3-7-14-10/h9H,3-8H2,1-2H3,(H,12,13). The third kappa shape index (κ3) is 2.66. The second-order valence-electron chi connectivity index (χ2n) is 5.14. The van der Waals surface area contributed by atoms with E-state index < -0.39 is 0 Å². The Morgan fingerprint density at radius 3 is 2.93 bits per heavy atom. The van der Waals surface area contributed by atoms with Gasteiger partial charge in [0.05, 0.1) is 0 Å². The number of amidine groups is 1. The van der Waals surface area contributed by atoms with E-state index in [-0.39, 0.29) is 0 Å². The average molecular weight is 212 g/mol. The third-order valence-corrected chi connectivity index (χ3v) is 4.11. The summed E-state index contributed by atoms with van der Waals surface area (Å²) in [6, 6.07) is 0.675. The predicted molar refractivity (Wildman–Crippen MR) is 63.9 cm³/mol. The van der Waals surface area contributed by atoms with Gasteiger partial charge in [0.1, 0.15) is 0 Å². The first-order chi connectivity index (χ1) is 6.66. The summed E-state index contributed by atoms with van der Waals surface area (Å²) in [5.74, 6) is 1.24. The van der Waals surface area contributed by atoms with Crippen LogP contribution >= 0.6 is 11.8 Å². The van der Waals surface area contributed by atoms with Crippen LogP contribution in [0.3, 0.4) is 0 Å². The van der Waals surface area contributed by atoms with Crippen LogP contribution in [0.15, 0.2) is 4.99 Å². The minimum absolute atomic E-state index is 0.539. The SMILES string of the molecule is CC1(C)CCC(NC2=NCCCS2)C1.